The van der Waals surface area contributed by atoms with Gasteiger partial charge < -0.3 is 16.4 Å². The van der Waals surface area contributed by atoms with Crippen molar-refractivity contribution in [1.82, 2.24) is 10.3 Å². The van der Waals surface area contributed by atoms with Gasteiger partial charge in [0.05, 0.1) is 5.52 Å². The van der Waals surface area contributed by atoms with Gasteiger partial charge in [-0.25, -0.2) is 4.98 Å². The lowest BCUT2D eigenvalue weighted by molar-refractivity contribution is -0.118. The van der Waals surface area contributed by atoms with E-state index in [1.807, 2.05) is 24.3 Å². The number of anilines is 1. The predicted molar refractivity (Wildman–Crippen MR) is 82.0 cm³/mol. The summed E-state index contributed by atoms with van der Waals surface area (Å²) >= 11 is 0. The van der Waals surface area contributed by atoms with E-state index in [0.717, 1.165) is 16.6 Å². The van der Waals surface area contributed by atoms with Crippen LogP contribution in [0.4, 0.5) is 5.69 Å². The average molecular weight is 286 g/mol. The molecule has 0 fully saturated rings. The topological polar surface area (TPSA) is 97.1 Å². The van der Waals surface area contributed by atoms with Crippen molar-refractivity contribution in [3.05, 3.63) is 36.0 Å². The summed E-state index contributed by atoms with van der Waals surface area (Å²) in [5, 5.41) is 6.72. The fraction of sp³-hybridized carbons (Fsp3) is 0.267. The number of aromatic nitrogens is 1. The van der Waals surface area contributed by atoms with Crippen LogP contribution in [0.25, 0.3) is 10.9 Å². The Hall–Kier alpha value is -2.63. The number of nitrogens with zero attached hydrogens (tertiary/aromatic N) is 1. The number of nitrogens with two attached hydrogens (primary N) is 1. The summed E-state index contributed by atoms with van der Waals surface area (Å²) in [4.78, 5) is 27.4. The maximum absolute atomic E-state index is 12.2. The molecule has 21 heavy (non-hydrogen) atoms. The maximum Gasteiger partial charge on any atom is 0.270 e. The molecule has 1 aromatic carbocycles. The van der Waals surface area contributed by atoms with Crippen LogP contribution in [0.1, 0.15) is 23.8 Å². The first kappa shape index (κ1) is 14.8. The molecule has 1 unspecified atom stereocenters. The van der Waals surface area contributed by atoms with Crippen LogP contribution < -0.4 is 16.4 Å². The fourth-order valence-electron chi connectivity index (χ4n) is 2.15. The molecule has 0 bridgehead atoms. The minimum Gasteiger partial charge on any atom is -0.388 e. The second-order valence-electron chi connectivity index (χ2n) is 4.87. The van der Waals surface area contributed by atoms with E-state index in [9.17, 15) is 9.59 Å². The number of para-hydroxylation sites is 1. The van der Waals surface area contributed by atoms with Gasteiger partial charge >= 0.3 is 0 Å². The normalized spacial score (nSPS) is 11.9. The molecule has 0 aliphatic rings. The Bertz CT molecular complexity index is 684. The zero-order valence-corrected chi connectivity index (χ0v) is 12.0. The fourth-order valence-corrected chi connectivity index (χ4v) is 2.15. The van der Waals surface area contributed by atoms with Crippen LogP contribution in [0.5, 0.6) is 0 Å². The Morgan fingerprint density at radius 3 is 2.71 bits per heavy atom. The third-order valence-electron chi connectivity index (χ3n) is 3.10. The highest BCUT2D eigenvalue weighted by Gasteiger charge is 2.15. The van der Waals surface area contributed by atoms with E-state index in [-0.39, 0.29) is 18.4 Å². The highest BCUT2D eigenvalue weighted by Crippen LogP contribution is 2.22. The number of rotatable bonds is 5. The van der Waals surface area contributed by atoms with E-state index in [2.05, 4.69) is 15.6 Å². The van der Waals surface area contributed by atoms with Gasteiger partial charge in [-0.2, -0.15) is 0 Å². The van der Waals surface area contributed by atoms with Crippen molar-refractivity contribution >= 4 is 28.4 Å². The molecule has 0 spiro atoms. The molecule has 0 aliphatic heterocycles. The summed E-state index contributed by atoms with van der Waals surface area (Å²) in [6.45, 7) is 1.72. The van der Waals surface area contributed by atoms with Gasteiger partial charge in [0, 0.05) is 30.6 Å². The van der Waals surface area contributed by atoms with Crippen molar-refractivity contribution in [3.63, 3.8) is 0 Å². The average Bonchev–Trinajstić information content (AvgIpc) is 2.44. The molecule has 0 aliphatic carbocycles. The van der Waals surface area contributed by atoms with E-state index < -0.39 is 5.91 Å². The van der Waals surface area contributed by atoms with Gasteiger partial charge in [0.1, 0.15) is 5.69 Å². The predicted octanol–water partition coefficient (Wildman–Crippen LogP) is 1.27. The molecule has 0 radical (unpaired) electrons. The molecule has 0 saturated carbocycles. The van der Waals surface area contributed by atoms with E-state index in [4.69, 9.17) is 5.73 Å². The Kier molecular flexibility index (Phi) is 4.37. The van der Waals surface area contributed by atoms with Crippen molar-refractivity contribution in [1.29, 1.82) is 0 Å². The highest BCUT2D eigenvalue weighted by molar-refractivity contribution is 5.99. The van der Waals surface area contributed by atoms with Crippen LogP contribution in [0.15, 0.2) is 30.3 Å². The number of fused-ring (bicyclic) bond motifs is 1. The summed E-state index contributed by atoms with van der Waals surface area (Å²) in [5.41, 5.74) is 6.97. The number of hydrogen-bond acceptors (Lipinski definition) is 4. The van der Waals surface area contributed by atoms with E-state index in [0.29, 0.717) is 5.69 Å². The highest BCUT2D eigenvalue weighted by atomic mass is 16.2. The van der Waals surface area contributed by atoms with Gasteiger partial charge in [0.25, 0.3) is 5.91 Å². The standard InChI is InChI=1S/C15H18N4O2/c1-9(7-14(16)20)18-15(21)13-8-12(17-2)10-5-3-4-6-11(10)19-13/h3-6,8-9H,7H2,1-2H3,(H2,16,20)(H,17,19)(H,18,21). The molecule has 1 atom stereocenters. The number of nitrogens with one attached hydrogen (secondary N) is 2. The number of primary amides is 1. The van der Waals surface area contributed by atoms with Crippen molar-refractivity contribution in [2.24, 2.45) is 5.73 Å². The first-order valence-corrected chi connectivity index (χ1v) is 6.68. The smallest absolute Gasteiger partial charge is 0.270 e. The van der Waals surface area contributed by atoms with Gasteiger partial charge in [0.15, 0.2) is 0 Å². The van der Waals surface area contributed by atoms with E-state index in [1.54, 1.807) is 20.0 Å². The summed E-state index contributed by atoms with van der Waals surface area (Å²) in [5.74, 6) is -0.781. The Morgan fingerprint density at radius 1 is 1.33 bits per heavy atom. The molecule has 6 heteroatoms. The zero-order valence-electron chi connectivity index (χ0n) is 12.0. The lowest BCUT2D eigenvalue weighted by Gasteiger charge is -2.13. The monoisotopic (exact) mass is 286 g/mol. The minimum absolute atomic E-state index is 0.0954. The molecule has 2 amide bonds. The van der Waals surface area contributed by atoms with Gasteiger partial charge in [-0.05, 0) is 19.1 Å². The summed E-state index contributed by atoms with van der Waals surface area (Å²) in [6, 6.07) is 8.92. The van der Waals surface area contributed by atoms with Crippen LogP contribution >= 0.6 is 0 Å². The molecule has 4 N–H and O–H groups in total. The molecule has 2 aromatic rings. The Morgan fingerprint density at radius 2 is 2.05 bits per heavy atom. The van der Waals surface area contributed by atoms with E-state index >= 15 is 0 Å². The van der Waals surface area contributed by atoms with Gasteiger partial charge in [-0.15, -0.1) is 0 Å². The first-order valence-electron chi connectivity index (χ1n) is 6.68. The van der Waals surface area contributed by atoms with Gasteiger partial charge in [-0.3, -0.25) is 9.59 Å². The molecule has 110 valence electrons. The lowest BCUT2D eigenvalue weighted by Crippen LogP contribution is -2.36. The molecular formula is C15H18N4O2. The van der Waals surface area contributed by atoms with Crippen LogP contribution in [-0.2, 0) is 4.79 Å². The number of carbonyl (C=O) groups excluding carboxylic acids is 2. The third kappa shape index (κ3) is 3.47. The van der Waals surface area contributed by atoms with Crippen LogP contribution in [0.2, 0.25) is 0 Å². The van der Waals surface area contributed by atoms with Crippen molar-refractivity contribution in [3.8, 4) is 0 Å². The number of benzene rings is 1. The van der Waals surface area contributed by atoms with Crippen LogP contribution in [-0.4, -0.2) is 29.9 Å². The molecule has 1 aromatic heterocycles. The largest absolute Gasteiger partial charge is 0.388 e. The number of pyridine rings is 1. The number of carbonyl (C=O) groups is 2. The molecule has 6 nitrogen and oxygen atoms in total. The second kappa shape index (κ2) is 6.21. The van der Waals surface area contributed by atoms with E-state index in [1.165, 1.54) is 0 Å². The number of hydrogen-bond donors (Lipinski definition) is 3. The molecule has 2 rings (SSSR count). The minimum atomic E-state index is -0.454. The molecular weight excluding hydrogens is 268 g/mol. The van der Waals surface area contributed by atoms with Crippen LogP contribution in [0, 0.1) is 0 Å². The zero-order chi connectivity index (χ0) is 15.4. The summed E-state index contributed by atoms with van der Waals surface area (Å²) < 4.78 is 0. The maximum atomic E-state index is 12.2. The quantitative estimate of drug-likeness (QED) is 0.771. The third-order valence-corrected chi connectivity index (χ3v) is 3.10. The SMILES string of the molecule is CNc1cc(C(=O)NC(C)CC(N)=O)nc2ccccc12. The molecule has 1 heterocycles. The van der Waals surface area contributed by atoms with Gasteiger partial charge in [-0.1, -0.05) is 18.2 Å². The van der Waals surface area contributed by atoms with Crippen molar-refractivity contribution < 1.29 is 9.59 Å². The molecule has 0 saturated heterocycles. The summed E-state index contributed by atoms with van der Waals surface area (Å²) in [6.07, 6.45) is 0.0954. The first-order chi connectivity index (χ1) is 10.0. The van der Waals surface area contributed by atoms with Crippen LogP contribution in [0.3, 0.4) is 0 Å². The Labute approximate surface area is 122 Å². The van der Waals surface area contributed by atoms with Crippen molar-refractivity contribution in [2.75, 3.05) is 12.4 Å². The lowest BCUT2D eigenvalue weighted by atomic mass is 10.1. The van der Waals surface area contributed by atoms with Gasteiger partial charge in [0.2, 0.25) is 5.91 Å². The van der Waals surface area contributed by atoms with Crippen molar-refractivity contribution in [2.45, 2.75) is 19.4 Å². The second-order valence-corrected chi connectivity index (χ2v) is 4.87. The summed E-state index contributed by atoms with van der Waals surface area (Å²) in [7, 11) is 1.79. The Balaban J connectivity index is 2.29. The number of amides is 2.